The number of aliphatic hydroxyl groups excluding tert-OH is 1. The predicted molar refractivity (Wildman–Crippen MR) is 63.6 cm³/mol. The quantitative estimate of drug-likeness (QED) is 0.816. The van der Waals surface area contributed by atoms with E-state index in [1.54, 1.807) is 12.1 Å². The molecule has 1 aromatic carbocycles. The number of aliphatic hydroxyl groups is 1. The summed E-state index contributed by atoms with van der Waals surface area (Å²) in [5.41, 5.74) is 0.651. The fourth-order valence-corrected chi connectivity index (χ4v) is 1.83. The van der Waals surface area contributed by atoms with Crippen molar-refractivity contribution in [2.24, 2.45) is 5.41 Å². The Labute approximate surface area is 98.2 Å². The molecule has 0 aliphatic carbocycles. The summed E-state index contributed by atoms with van der Waals surface area (Å²) in [6, 6.07) is 5.44. The Kier molecular flexibility index (Phi) is 3.62. The molecule has 14 heavy (non-hydrogen) atoms. The summed E-state index contributed by atoms with van der Waals surface area (Å²) in [6.45, 7) is 5.97. The molecule has 0 aromatic heterocycles. The molecule has 78 valence electrons. The average Bonchev–Trinajstić information content (AvgIpc) is 2.06. The summed E-state index contributed by atoms with van der Waals surface area (Å²) in [6.07, 6.45) is -0.518. The highest BCUT2D eigenvalue weighted by Crippen LogP contribution is 2.37. The standard InChI is InChI=1S/C11H14BrClO/c1-11(2,3)10(14)8-6-7(13)4-5-9(8)12/h4-6,10,14H,1-3H3. The van der Waals surface area contributed by atoms with Crippen LogP contribution in [0.4, 0.5) is 0 Å². The van der Waals surface area contributed by atoms with Gasteiger partial charge in [0.2, 0.25) is 0 Å². The van der Waals surface area contributed by atoms with E-state index in [1.807, 2.05) is 26.8 Å². The van der Waals surface area contributed by atoms with Crippen LogP contribution in [0.3, 0.4) is 0 Å². The molecule has 1 atom stereocenters. The van der Waals surface area contributed by atoms with Gasteiger partial charge in [-0.15, -0.1) is 0 Å². The van der Waals surface area contributed by atoms with Gasteiger partial charge >= 0.3 is 0 Å². The van der Waals surface area contributed by atoms with E-state index in [-0.39, 0.29) is 5.41 Å². The van der Waals surface area contributed by atoms with E-state index in [4.69, 9.17) is 11.6 Å². The topological polar surface area (TPSA) is 20.2 Å². The van der Waals surface area contributed by atoms with Crippen LogP contribution in [0.15, 0.2) is 22.7 Å². The molecule has 3 heteroatoms. The third-order valence-electron chi connectivity index (χ3n) is 2.07. The van der Waals surface area contributed by atoms with Crippen LogP contribution < -0.4 is 0 Å². The highest BCUT2D eigenvalue weighted by atomic mass is 79.9. The molecule has 0 fully saturated rings. The maximum Gasteiger partial charge on any atom is 0.0849 e. The molecule has 0 saturated heterocycles. The molecule has 0 heterocycles. The van der Waals surface area contributed by atoms with Gasteiger partial charge in [-0.1, -0.05) is 48.3 Å². The van der Waals surface area contributed by atoms with E-state index in [9.17, 15) is 5.11 Å². The highest BCUT2D eigenvalue weighted by molar-refractivity contribution is 9.10. The molecule has 1 nitrogen and oxygen atoms in total. The molecule has 0 aliphatic heterocycles. The minimum atomic E-state index is -0.518. The van der Waals surface area contributed by atoms with Crippen molar-refractivity contribution in [3.63, 3.8) is 0 Å². The second kappa shape index (κ2) is 4.21. The van der Waals surface area contributed by atoms with Gasteiger partial charge in [0.25, 0.3) is 0 Å². The summed E-state index contributed by atoms with van der Waals surface area (Å²) in [4.78, 5) is 0. The lowest BCUT2D eigenvalue weighted by atomic mass is 9.85. The lowest BCUT2D eigenvalue weighted by Gasteiger charge is -2.27. The van der Waals surface area contributed by atoms with E-state index in [0.717, 1.165) is 10.0 Å². The van der Waals surface area contributed by atoms with Gasteiger partial charge in [-0.25, -0.2) is 0 Å². The van der Waals surface area contributed by atoms with E-state index < -0.39 is 6.10 Å². The van der Waals surface area contributed by atoms with Crippen molar-refractivity contribution in [1.29, 1.82) is 0 Å². The maximum atomic E-state index is 10.1. The van der Waals surface area contributed by atoms with Crippen LogP contribution in [0.25, 0.3) is 0 Å². The first-order chi connectivity index (χ1) is 6.32. The Morgan fingerprint density at radius 1 is 1.36 bits per heavy atom. The Hall–Kier alpha value is -0.0500. The second-order valence-electron chi connectivity index (χ2n) is 4.43. The van der Waals surface area contributed by atoms with Crippen molar-refractivity contribution in [2.75, 3.05) is 0 Å². The Balaban J connectivity index is 3.12. The first-order valence-electron chi connectivity index (χ1n) is 4.45. The van der Waals surface area contributed by atoms with E-state index in [1.165, 1.54) is 0 Å². The van der Waals surface area contributed by atoms with Gasteiger partial charge < -0.3 is 5.11 Å². The predicted octanol–water partition coefficient (Wildman–Crippen LogP) is 4.18. The van der Waals surface area contributed by atoms with Crippen molar-refractivity contribution in [3.8, 4) is 0 Å². The molecule has 0 aliphatic rings. The maximum absolute atomic E-state index is 10.1. The fraction of sp³-hybridized carbons (Fsp3) is 0.455. The summed E-state index contributed by atoms with van der Waals surface area (Å²) in [7, 11) is 0. The summed E-state index contributed by atoms with van der Waals surface area (Å²) in [5, 5.41) is 10.7. The lowest BCUT2D eigenvalue weighted by Crippen LogP contribution is -2.18. The van der Waals surface area contributed by atoms with Gasteiger partial charge in [-0.2, -0.15) is 0 Å². The van der Waals surface area contributed by atoms with Crippen molar-refractivity contribution < 1.29 is 5.11 Å². The molecule has 0 radical (unpaired) electrons. The van der Waals surface area contributed by atoms with Crippen LogP contribution in [-0.2, 0) is 0 Å². The van der Waals surface area contributed by atoms with Crippen LogP contribution in [0.1, 0.15) is 32.4 Å². The largest absolute Gasteiger partial charge is 0.388 e. The van der Waals surface area contributed by atoms with E-state index >= 15 is 0 Å². The van der Waals surface area contributed by atoms with Crippen LogP contribution in [-0.4, -0.2) is 5.11 Å². The minimum Gasteiger partial charge on any atom is -0.388 e. The zero-order valence-corrected chi connectivity index (χ0v) is 10.9. The monoisotopic (exact) mass is 276 g/mol. The zero-order chi connectivity index (χ0) is 10.9. The van der Waals surface area contributed by atoms with Crippen molar-refractivity contribution in [2.45, 2.75) is 26.9 Å². The van der Waals surface area contributed by atoms with Crippen LogP contribution in [0.2, 0.25) is 5.02 Å². The van der Waals surface area contributed by atoms with Gasteiger partial charge in [0.15, 0.2) is 0 Å². The van der Waals surface area contributed by atoms with Crippen molar-refractivity contribution in [1.82, 2.24) is 0 Å². The first-order valence-corrected chi connectivity index (χ1v) is 5.62. The first kappa shape index (κ1) is 12.0. The molecule has 0 amide bonds. The van der Waals surface area contributed by atoms with Crippen molar-refractivity contribution in [3.05, 3.63) is 33.3 Å². The number of hydrogen-bond donors (Lipinski definition) is 1. The zero-order valence-electron chi connectivity index (χ0n) is 8.51. The third-order valence-corrected chi connectivity index (χ3v) is 3.03. The molecule has 0 bridgehead atoms. The molecular formula is C11H14BrClO. The van der Waals surface area contributed by atoms with Gasteiger partial charge in [-0.3, -0.25) is 0 Å². The van der Waals surface area contributed by atoms with Crippen LogP contribution in [0.5, 0.6) is 0 Å². The Morgan fingerprint density at radius 3 is 2.43 bits per heavy atom. The molecule has 1 rings (SSSR count). The molecular weight excluding hydrogens is 263 g/mol. The summed E-state index contributed by atoms with van der Waals surface area (Å²) < 4.78 is 0.893. The Morgan fingerprint density at radius 2 is 1.93 bits per heavy atom. The van der Waals surface area contributed by atoms with E-state index in [2.05, 4.69) is 15.9 Å². The van der Waals surface area contributed by atoms with Gasteiger partial charge in [0, 0.05) is 9.50 Å². The fourth-order valence-electron chi connectivity index (χ4n) is 1.19. The highest BCUT2D eigenvalue weighted by Gasteiger charge is 2.25. The Bertz CT molecular complexity index is 331. The number of halogens is 2. The lowest BCUT2D eigenvalue weighted by molar-refractivity contribution is 0.0621. The van der Waals surface area contributed by atoms with Gasteiger partial charge in [-0.05, 0) is 29.2 Å². The second-order valence-corrected chi connectivity index (χ2v) is 5.73. The molecule has 1 aromatic rings. The minimum absolute atomic E-state index is 0.187. The normalized spacial score (nSPS) is 14.1. The third kappa shape index (κ3) is 2.72. The van der Waals surface area contributed by atoms with Crippen molar-refractivity contribution >= 4 is 27.5 Å². The van der Waals surface area contributed by atoms with Gasteiger partial charge in [0.1, 0.15) is 0 Å². The molecule has 0 saturated carbocycles. The van der Waals surface area contributed by atoms with Crippen LogP contribution in [0, 0.1) is 5.41 Å². The molecule has 1 N–H and O–H groups in total. The number of benzene rings is 1. The number of hydrogen-bond acceptors (Lipinski definition) is 1. The SMILES string of the molecule is CC(C)(C)C(O)c1cc(Cl)ccc1Br. The van der Waals surface area contributed by atoms with E-state index in [0.29, 0.717) is 5.02 Å². The average molecular weight is 278 g/mol. The summed E-state index contributed by atoms with van der Waals surface area (Å²) >= 11 is 9.28. The number of rotatable bonds is 1. The van der Waals surface area contributed by atoms with Gasteiger partial charge in [0.05, 0.1) is 6.10 Å². The summed E-state index contributed by atoms with van der Waals surface area (Å²) in [5.74, 6) is 0. The molecule has 1 unspecified atom stereocenters. The van der Waals surface area contributed by atoms with Crippen LogP contribution >= 0.6 is 27.5 Å². The smallest absolute Gasteiger partial charge is 0.0849 e. The molecule has 0 spiro atoms.